The molecule has 4 fully saturated rings. The molecule has 4 heteroatoms. The SMILES string of the molecule is CC(C)[C@H](NC(=O)C12CC3CC(CC(C3)C1)C2)C(=O)Nc1ccccc1. The molecule has 4 nitrogen and oxygen atoms in total. The highest BCUT2D eigenvalue weighted by molar-refractivity contribution is 5.98. The summed E-state index contributed by atoms with van der Waals surface area (Å²) in [5, 5.41) is 6.09. The Hall–Kier alpha value is -1.84. The molecule has 1 aromatic rings. The van der Waals surface area contributed by atoms with Crippen LogP contribution in [0.3, 0.4) is 0 Å². The Bertz CT molecular complexity index is 647. The maximum atomic E-state index is 13.3. The summed E-state index contributed by atoms with van der Waals surface area (Å²) in [7, 11) is 0. The predicted molar refractivity (Wildman–Crippen MR) is 102 cm³/mol. The topological polar surface area (TPSA) is 58.2 Å². The molecule has 0 spiro atoms. The van der Waals surface area contributed by atoms with Crippen LogP contribution in [0.5, 0.6) is 0 Å². The average Bonchev–Trinajstić information content (AvgIpc) is 2.58. The molecule has 140 valence electrons. The Balaban J connectivity index is 1.46. The Morgan fingerprint density at radius 2 is 1.50 bits per heavy atom. The van der Waals surface area contributed by atoms with Crippen LogP contribution in [0.1, 0.15) is 52.4 Å². The summed E-state index contributed by atoms with van der Waals surface area (Å²) in [6.07, 6.45) is 7.01. The summed E-state index contributed by atoms with van der Waals surface area (Å²) in [6, 6.07) is 8.97. The summed E-state index contributed by atoms with van der Waals surface area (Å²) in [6.45, 7) is 3.99. The van der Waals surface area contributed by atoms with E-state index in [1.54, 1.807) is 0 Å². The van der Waals surface area contributed by atoms with Gasteiger partial charge < -0.3 is 10.6 Å². The fraction of sp³-hybridized carbons (Fsp3) is 0.636. The number of hydrogen-bond acceptors (Lipinski definition) is 2. The second kappa shape index (κ2) is 6.71. The van der Waals surface area contributed by atoms with E-state index in [1.165, 1.54) is 19.3 Å². The second-order valence-electron chi connectivity index (χ2n) is 9.25. The first-order valence-electron chi connectivity index (χ1n) is 10.1. The van der Waals surface area contributed by atoms with E-state index in [-0.39, 0.29) is 23.1 Å². The lowest BCUT2D eigenvalue weighted by atomic mass is 9.49. The Morgan fingerprint density at radius 3 is 2.00 bits per heavy atom. The first-order chi connectivity index (χ1) is 12.4. The zero-order chi connectivity index (χ0) is 18.3. The standard InChI is InChI=1S/C22H30N2O2/c1-14(2)19(20(25)23-18-6-4-3-5-7-18)24-21(26)22-11-15-8-16(12-22)10-17(9-15)13-22/h3-7,14-17,19H,8-13H2,1-2H3,(H,23,25)(H,24,26)/t15?,16?,17?,19-,22?/m0/s1. The molecule has 5 rings (SSSR count). The van der Waals surface area contributed by atoms with E-state index in [0.717, 1.165) is 42.7 Å². The zero-order valence-electron chi connectivity index (χ0n) is 15.8. The van der Waals surface area contributed by atoms with Gasteiger partial charge in [0.1, 0.15) is 6.04 Å². The summed E-state index contributed by atoms with van der Waals surface area (Å²) in [5.74, 6) is 2.23. The lowest BCUT2D eigenvalue weighted by Gasteiger charge is -2.55. The van der Waals surface area contributed by atoms with Gasteiger partial charge in [0.25, 0.3) is 0 Å². The first-order valence-corrected chi connectivity index (χ1v) is 10.1. The molecule has 0 radical (unpaired) electrons. The number of rotatable bonds is 5. The van der Waals surface area contributed by atoms with Crippen LogP contribution in [-0.2, 0) is 9.59 Å². The van der Waals surface area contributed by atoms with Gasteiger partial charge in [-0.1, -0.05) is 32.0 Å². The number of carbonyl (C=O) groups excluding carboxylic acids is 2. The van der Waals surface area contributed by atoms with Crippen molar-refractivity contribution < 1.29 is 9.59 Å². The molecular weight excluding hydrogens is 324 g/mol. The van der Waals surface area contributed by atoms with Crippen molar-refractivity contribution in [3.63, 3.8) is 0 Å². The smallest absolute Gasteiger partial charge is 0.247 e. The Labute approximate surface area is 156 Å². The van der Waals surface area contributed by atoms with E-state index in [1.807, 2.05) is 44.2 Å². The van der Waals surface area contributed by atoms with Crippen molar-refractivity contribution in [2.45, 2.75) is 58.4 Å². The fourth-order valence-corrected chi connectivity index (χ4v) is 5.96. The van der Waals surface area contributed by atoms with Crippen molar-refractivity contribution in [1.82, 2.24) is 5.32 Å². The van der Waals surface area contributed by atoms with E-state index >= 15 is 0 Å². The molecule has 0 aliphatic heterocycles. The number of para-hydroxylation sites is 1. The van der Waals surface area contributed by atoms with Gasteiger partial charge in [-0.3, -0.25) is 9.59 Å². The van der Waals surface area contributed by atoms with Crippen LogP contribution < -0.4 is 10.6 Å². The Morgan fingerprint density at radius 1 is 0.962 bits per heavy atom. The highest BCUT2D eigenvalue weighted by Crippen LogP contribution is 2.60. The van der Waals surface area contributed by atoms with Crippen molar-refractivity contribution in [2.24, 2.45) is 29.1 Å². The first kappa shape index (κ1) is 17.6. The van der Waals surface area contributed by atoms with E-state index in [2.05, 4.69) is 10.6 Å². The van der Waals surface area contributed by atoms with Gasteiger partial charge in [-0.15, -0.1) is 0 Å². The number of hydrogen-bond donors (Lipinski definition) is 2. The van der Waals surface area contributed by atoms with Crippen molar-refractivity contribution >= 4 is 17.5 Å². The third-order valence-electron chi connectivity index (χ3n) is 6.80. The summed E-state index contributed by atoms with van der Waals surface area (Å²) < 4.78 is 0. The molecule has 4 saturated carbocycles. The van der Waals surface area contributed by atoms with E-state index in [0.29, 0.717) is 0 Å². The van der Waals surface area contributed by atoms with Crippen LogP contribution in [0.2, 0.25) is 0 Å². The molecule has 0 saturated heterocycles. The van der Waals surface area contributed by atoms with Gasteiger partial charge in [0.15, 0.2) is 0 Å². The van der Waals surface area contributed by atoms with Gasteiger partial charge in [0, 0.05) is 11.1 Å². The lowest BCUT2D eigenvalue weighted by molar-refractivity contribution is -0.148. The van der Waals surface area contributed by atoms with E-state index in [9.17, 15) is 9.59 Å². The maximum Gasteiger partial charge on any atom is 0.247 e. The minimum atomic E-state index is -0.490. The largest absolute Gasteiger partial charge is 0.344 e. The highest BCUT2D eigenvalue weighted by atomic mass is 16.2. The van der Waals surface area contributed by atoms with Crippen LogP contribution in [-0.4, -0.2) is 17.9 Å². The molecule has 4 aliphatic rings. The monoisotopic (exact) mass is 354 g/mol. The molecule has 0 heterocycles. The molecule has 4 aliphatic carbocycles. The summed E-state index contributed by atoms with van der Waals surface area (Å²) >= 11 is 0. The Kier molecular flexibility index (Phi) is 4.54. The third-order valence-corrected chi connectivity index (χ3v) is 6.80. The predicted octanol–water partition coefficient (Wildman–Crippen LogP) is 3.98. The summed E-state index contributed by atoms with van der Waals surface area (Å²) in [5.41, 5.74) is 0.557. The number of anilines is 1. The molecule has 0 unspecified atom stereocenters. The van der Waals surface area contributed by atoms with Gasteiger partial charge in [-0.25, -0.2) is 0 Å². The number of benzene rings is 1. The fourth-order valence-electron chi connectivity index (χ4n) is 5.96. The average molecular weight is 354 g/mol. The molecule has 2 N–H and O–H groups in total. The van der Waals surface area contributed by atoms with Gasteiger partial charge >= 0.3 is 0 Å². The molecule has 1 aromatic carbocycles. The van der Waals surface area contributed by atoms with Crippen LogP contribution in [0, 0.1) is 29.1 Å². The third kappa shape index (κ3) is 3.26. The van der Waals surface area contributed by atoms with Gasteiger partial charge in [0.2, 0.25) is 11.8 Å². The van der Waals surface area contributed by atoms with Crippen LogP contribution >= 0.6 is 0 Å². The van der Waals surface area contributed by atoms with E-state index < -0.39 is 6.04 Å². The normalized spacial score (nSPS) is 33.1. The highest BCUT2D eigenvalue weighted by Gasteiger charge is 2.55. The molecule has 0 aromatic heterocycles. The van der Waals surface area contributed by atoms with Crippen molar-refractivity contribution in [2.75, 3.05) is 5.32 Å². The molecule has 1 atom stereocenters. The quantitative estimate of drug-likeness (QED) is 0.840. The van der Waals surface area contributed by atoms with Gasteiger partial charge in [-0.05, 0) is 74.3 Å². The second-order valence-corrected chi connectivity index (χ2v) is 9.25. The van der Waals surface area contributed by atoms with Crippen LogP contribution in [0.15, 0.2) is 30.3 Å². The van der Waals surface area contributed by atoms with Crippen molar-refractivity contribution in [1.29, 1.82) is 0 Å². The lowest BCUT2D eigenvalue weighted by Crippen LogP contribution is -2.57. The minimum Gasteiger partial charge on any atom is -0.344 e. The maximum absolute atomic E-state index is 13.3. The molecule has 26 heavy (non-hydrogen) atoms. The minimum absolute atomic E-state index is 0.0524. The van der Waals surface area contributed by atoms with Crippen LogP contribution in [0.25, 0.3) is 0 Å². The molecular formula is C22H30N2O2. The molecule has 2 amide bonds. The number of amides is 2. The van der Waals surface area contributed by atoms with Gasteiger partial charge in [0.05, 0.1) is 0 Å². The number of nitrogens with one attached hydrogen (secondary N) is 2. The number of carbonyl (C=O) groups is 2. The van der Waals surface area contributed by atoms with E-state index in [4.69, 9.17) is 0 Å². The van der Waals surface area contributed by atoms with Crippen molar-refractivity contribution in [3.05, 3.63) is 30.3 Å². The zero-order valence-corrected chi connectivity index (χ0v) is 15.8. The van der Waals surface area contributed by atoms with Crippen LogP contribution in [0.4, 0.5) is 5.69 Å². The van der Waals surface area contributed by atoms with Crippen molar-refractivity contribution in [3.8, 4) is 0 Å². The molecule has 4 bridgehead atoms. The van der Waals surface area contributed by atoms with Gasteiger partial charge in [-0.2, -0.15) is 0 Å². The summed E-state index contributed by atoms with van der Waals surface area (Å²) in [4.78, 5) is 26.1.